The molecule has 76 valence electrons. The van der Waals surface area contributed by atoms with Gasteiger partial charge in [0.15, 0.2) is 0 Å². The number of likely N-dealkylation sites (N-methyl/N-ethyl adjacent to an activating group) is 1. The molecule has 0 unspecified atom stereocenters. The van der Waals surface area contributed by atoms with Gasteiger partial charge in [0, 0.05) is 33.3 Å². The lowest BCUT2D eigenvalue weighted by molar-refractivity contribution is 0.613. The van der Waals surface area contributed by atoms with Gasteiger partial charge in [0.05, 0.1) is 0 Å². The number of nitrogens with zero attached hydrogens (tertiary/aromatic N) is 1. The average Bonchev–Trinajstić information content (AvgIpc) is 2.11. The number of hydrogen-bond acceptors (Lipinski definition) is 3. The first-order chi connectivity index (χ1) is 6.04. The van der Waals surface area contributed by atoms with E-state index in [4.69, 9.17) is 5.41 Å². The Morgan fingerprint density at radius 2 is 1.92 bits per heavy atom. The Bertz CT molecular complexity index is 206. The summed E-state index contributed by atoms with van der Waals surface area (Å²) in [4.78, 5) is 1.78. The third-order valence-electron chi connectivity index (χ3n) is 1.78. The van der Waals surface area contributed by atoms with Crippen LogP contribution in [-0.4, -0.2) is 38.4 Å². The van der Waals surface area contributed by atoms with E-state index in [9.17, 15) is 0 Å². The van der Waals surface area contributed by atoms with Crippen LogP contribution in [0.1, 0.15) is 13.8 Å². The number of amidine groups is 1. The van der Waals surface area contributed by atoms with E-state index in [1.807, 2.05) is 35.0 Å². The van der Waals surface area contributed by atoms with Gasteiger partial charge in [0.1, 0.15) is 11.7 Å². The Hall–Kier alpha value is -1.19. The molecule has 0 amide bonds. The molecule has 0 radical (unpaired) electrons. The second-order valence-electron chi connectivity index (χ2n) is 3.02. The third-order valence-corrected chi connectivity index (χ3v) is 1.78. The molecule has 0 aliphatic rings. The van der Waals surface area contributed by atoms with E-state index in [-0.39, 0.29) is 0 Å². The minimum atomic E-state index is 0.519. The van der Waals surface area contributed by atoms with Crippen molar-refractivity contribution in [3.63, 3.8) is 0 Å². The standard InChI is InChI=1S/C9H20N4/c1-6-12-9(11-3)7(2)8(10)13(4)5/h10-12H,6H2,1-5H3. The van der Waals surface area contributed by atoms with E-state index in [2.05, 4.69) is 10.6 Å². The molecule has 0 aromatic heterocycles. The Balaban J connectivity index is 4.63. The summed E-state index contributed by atoms with van der Waals surface area (Å²) in [5.41, 5.74) is 0.925. The van der Waals surface area contributed by atoms with Crippen LogP contribution in [0, 0.1) is 5.41 Å². The molecular formula is C9H20N4. The molecule has 0 aromatic rings. The van der Waals surface area contributed by atoms with Gasteiger partial charge in [0.2, 0.25) is 0 Å². The third kappa shape index (κ3) is 3.36. The predicted octanol–water partition coefficient (Wildman–Crippen LogP) is 0.586. The zero-order valence-electron chi connectivity index (χ0n) is 9.15. The predicted molar refractivity (Wildman–Crippen MR) is 56.9 cm³/mol. The van der Waals surface area contributed by atoms with Gasteiger partial charge >= 0.3 is 0 Å². The molecule has 4 heteroatoms. The molecule has 3 N–H and O–H groups in total. The zero-order chi connectivity index (χ0) is 10.4. The first-order valence-corrected chi connectivity index (χ1v) is 4.43. The van der Waals surface area contributed by atoms with Gasteiger partial charge < -0.3 is 15.5 Å². The molecule has 0 aliphatic heterocycles. The molecule has 4 nitrogen and oxygen atoms in total. The molecule has 0 rings (SSSR count). The van der Waals surface area contributed by atoms with Gasteiger partial charge in [0.25, 0.3) is 0 Å². The highest BCUT2D eigenvalue weighted by molar-refractivity contribution is 5.95. The lowest BCUT2D eigenvalue weighted by Crippen LogP contribution is -2.30. The van der Waals surface area contributed by atoms with Crippen molar-refractivity contribution >= 4 is 5.84 Å². The second-order valence-corrected chi connectivity index (χ2v) is 3.02. The highest BCUT2D eigenvalue weighted by Crippen LogP contribution is 2.01. The van der Waals surface area contributed by atoms with Crippen LogP contribution in [0.2, 0.25) is 0 Å². The summed E-state index contributed by atoms with van der Waals surface area (Å²) in [5.74, 6) is 1.44. The maximum Gasteiger partial charge on any atom is 0.126 e. The van der Waals surface area contributed by atoms with E-state index < -0.39 is 0 Å². The van der Waals surface area contributed by atoms with E-state index >= 15 is 0 Å². The van der Waals surface area contributed by atoms with Crippen molar-refractivity contribution in [2.75, 3.05) is 27.7 Å². The van der Waals surface area contributed by atoms with Crippen molar-refractivity contribution in [1.29, 1.82) is 5.41 Å². The zero-order valence-corrected chi connectivity index (χ0v) is 9.15. The van der Waals surface area contributed by atoms with Crippen molar-refractivity contribution in [3.8, 4) is 0 Å². The van der Waals surface area contributed by atoms with Crippen LogP contribution in [0.15, 0.2) is 11.4 Å². The fraction of sp³-hybridized carbons (Fsp3) is 0.667. The SMILES string of the molecule is CCNC(NC)=C(C)C(=N)N(C)C. The normalized spacial score (nSPS) is 11.8. The van der Waals surface area contributed by atoms with Gasteiger partial charge in [-0.3, -0.25) is 5.41 Å². The minimum absolute atomic E-state index is 0.519. The van der Waals surface area contributed by atoms with E-state index in [0.717, 1.165) is 17.9 Å². The maximum atomic E-state index is 7.75. The van der Waals surface area contributed by atoms with E-state index in [0.29, 0.717) is 5.84 Å². The van der Waals surface area contributed by atoms with Gasteiger partial charge in [-0.05, 0) is 13.8 Å². The van der Waals surface area contributed by atoms with Crippen molar-refractivity contribution in [1.82, 2.24) is 15.5 Å². The molecule has 0 atom stereocenters. The Labute approximate surface area is 80.5 Å². The van der Waals surface area contributed by atoms with E-state index in [1.54, 1.807) is 4.90 Å². The molecular weight excluding hydrogens is 164 g/mol. The summed E-state index contributed by atoms with van der Waals surface area (Å²) in [6.07, 6.45) is 0. The first kappa shape index (κ1) is 11.8. The van der Waals surface area contributed by atoms with Crippen LogP contribution in [0.5, 0.6) is 0 Å². The summed E-state index contributed by atoms with van der Waals surface area (Å²) in [7, 11) is 5.58. The molecule has 0 bridgehead atoms. The van der Waals surface area contributed by atoms with E-state index in [1.165, 1.54) is 0 Å². The highest BCUT2D eigenvalue weighted by atomic mass is 15.1. The summed E-state index contributed by atoms with van der Waals surface area (Å²) in [6, 6.07) is 0. The fourth-order valence-electron chi connectivity index (χ4n) is 1.04. The van der Waals surface area contributed by atoms with Crippen LogP contribution in [-0.2, 0) is 0 Å². The molecule has 13 heavy (non-hydrogen) atoms. The largest absolute Gasteiger partial charge is 0.375 e. The minimum Gasteiger partial charge on any atom is -0.375 e. The lowest BCUT2D eigenvalue weighted by atomic mass is 10.2. The molecule has 0 heterocycles. The highest BCUT2D eigenvalue weighted by Gasteiger charge is 2.06. The smallest absolute Gasteiger partial charge is 0.126 e. The van der Waals surface area contributed by atoms with Crippen LogP contribution in [0.3, 0.4) is 0 Å². The number of rotatable bonds is 4. The fourth-order valence-corrected chi connectivity index (χ4v) is 1.04. The number of hydrogen-bond donors (Lipinski definition) is 3. The van der Waals surface area contributed by atoms with Crippen molar-refractivity contribution < 1.29 is 0 Å². The van der Waals surface area contributed by atoms with Crippen LogP contribution in [0.4, 0.5) is 0 Å². The summed E-state index contributed by atoms with van der Waals surface area (Å²) < 4.78 is 0. The monoisotopic (exact) mass is 184 g/mol. The Morgan fingerprint density at radius 3 is 2.23 bits per heavy atom. The van der Waals surface area contributed by atoms with Crippen LogP contribution < -0.4 is 10.6 Å². The van der Waals surface area contributed by atoms with Crippen LogP contribution in [0.25, 0.3) is 0 Å². The summed E-state index contributed by atoms with van der Waals surface area (Å²) >= 11 is 0. The summed E-state index contributed by atoms with van der Waals surface area (Å²) in [6.45, 7) is 4.81. The maximum absolute atomic E-state index is 7.75. The summed E-state index contributed by atoms with van der Waals surface area (Å²) in [5, 5.41) is 14.0. The quantitative estimate of drug-likeness (QED) is 0.442. The first-order valence-electron chi connectivity index (χ1n) is 4.43. The van der Waals surface area contributed by atoms with Gasteiger partial charge in [-0.25, -0.2) is 0 Å². The Kier molecular flexibility index (Phi) is 4.96. The molecule has 0 saturated carbocycles. The van der Waals surface area contributed by atoms with Crippen molar-refractivity contribution in [2.24, 2.45) is 0 Å². The van der Waals surface area contributed by atoms with Crippen molar-refractivity contribution in [3.05, 3.63) is 11.4 Å². The lowest BCUT2D eigenvalue weighted by Gasteiger charge is -2.18. The molecule has 0 saturated heterocycles. The van der Waals surface area contributed by atoms with Crippen LogP contribution >= 0.6 is 0 Å². The second kappa shape index (κ2) is 5.45. The molecule has 0 spiro atoms. The van der Waals surface area contributed by atoms with Gasteiger partial charge in [-0.1, -0.05) is 0 Å². The van der Waals surface area contributed by atoms with Crippen molar-refractivity contribution in [2.45, 2.75) is 13.8 Å². The molecule has 0 aliphatic carbocycles. The Morgan fingerprint density at radius 1 is 1.38 bits per heavy atom. The number of nitrogens with one attached hydrogen (secondary N) is 3. The van der Waals surface area contributed by atoms with Gasteiger partial charge in [-0.15, -0.1) is 0 Å². The molecule has 0 aromatic carbocycles. The topological polar surface area (TPSA) is 51.1 Å². The molecule has 0 fully saturated rings. The van der Waals surface area contributed by atoms with Gasteiger partial charge in [-0.2, -0.15) is 0 Å². The average molecular weight is 184 g/mol.